The van der Waals surface area contributed by atoms with Gasteiger partial charge in [-0.1, -0.05) is 36.6 Å². The third kappa shape index (κ3) is 2.35. The lowest BCUT2D eigenvalue weighted by Gasteiger charge is -2.39. The fourth-order valence-corrected chi connectivity index (χ4v) is 2.81. The zero-order valence-electron chi connectivity index (χ0n) is 10.4. The summed E-state index contributed by atoms with van der Waals surface area (Å²) < 4.78 is 5.44. The minimum absolute atomic E-state index is 0.130. The summed E-state index contributed by atoms with van der Waals surface area (Å²) in [4.78, 5) is 0. The Labute approximate surface area is 108 Å². The van der Waals surface area contributed by atoms with E-state index in [4.69, 9.17) is 16.3 Å². The third-order valence-electron chi connectivity index (χ3n) is 3.76. The average Bonchev–Trinajstić information content (AvgIpc) is 2.33. The van der Waals surface area contributed by atoms with Crippen LogP contribution in [-0.2, 0) is 10.3 Å². The molecular formula is C14H19ClO2. The molecule has 1 aliphatic rings. The molecule has 0 aliphatic heterocycles. The fourth-order valence-electron chi connectivity index (χ4n) is 2.63. The normalized spacial score (nSPS) is 29.3. The molecule has 1 N–H and O–H groups in total. The third-order valence-corrected chi connectivity index (χ3v) is 4.17. The van der Waals surface area contributed by atoms with Crippen molar-refractivity contribution in [2.24, 2.45) is 0 Å². The van der Waals surface area contributed by atoms with Gasteiger partial charge < -0.3 is 9.84 Å². The van der Waals surface area contributed by atoms with Crippen LogP contribution in [0.5, 0.6) is 0 Å². The zero-order valence-corrected chi connectivity index (χ0v) is 11.1. The van der Waals surface area contributed by atoms with Crippen molar-refractivity contribution in [3.05, 3.63) is 34.3 Å². The Morgan fingerprint density at radius 3 is 2.82 bits per heavy atom. The van der Waals surface area contributed by atoms with Crippen molar-refractivity contribution in [3.8, 4) is 0 Å². The summed E-state index contributed by atoms with van der Waals surface area (Å²) in [6.07, 6.45) is 3.65. The molecule has 1 saturated carbocycles. The van der Waals surface area contributed by atoms with E-state index in [1.54, 1.807) is 7.11 Å². The minimum atomic E-state index is -0.885. The van der Waals surface area contributed by atoms with E-state index in [2.05, 4.69) is 0 Å². The monoisotopic (exact) mass is 254 g/mol. The number of hydrogen-bond acceptors (Lipinski definition) is 2. The molecular weight excluding hydrogens is 236 g/mol. The minimum Gasteiger partial charge on any atom is -0.382 e. The van der Waals surface area contributed by atoms with Crippen LogP contribution in [0.3, 0.4) is 0 Å². The summed E-state index contributed by atoms with van der Waals surface area (Å²) in [7, 11) is 1.66. The molecule has 2 atom stereocenters. The first-order chi connectivity index (χ1) is 8.08. The maximum atomic E-state index is 10.8. The molecule has 1 aromatic rings. The molecule has 2 rings (SSSR count). The quantitative estimate of drug-likeness (QED) is 0.876. The van der Waals surface area contributed by atoms with E-state index in [1.165, 1.54) is 0 Å². The van der Waals surface area contributed by atoms with Gasteiger partial charge in [-0.25, -0.2) is 0 Å². The van der Waals surface area contributed by atoms with E-state index in [0.29, 0.717) is 5.02 Å². The molecule has 1 fully saturated rings. The van der Waals surface area contributed by atoms with Gasteiger partial charge in [0.1, 0.15) is 5.60 Å². The molecule has 0 amide bonds. The maximum absolute atomic E-state index is 10.8. The predicted molar refractivity (Wildman–Crippen MR) is 69.4 cm³/mol. The van der Waals surface area contributed by atoms with Crippen molar-refractivity contribution >= 4 is 11.6 Å². The second-order valence-electron chi connectivity index (χ2n) is 4.86. The summed E-state index contributed by atoms with van der Waals surface area (Å²) in [6, 6.07) is 5.78. The number of hydrogen-bond donors (Lipinski definition) is 1. The molecule has 17 heavy (non-hydrogen) atoms. The summed E-state index contributed by atoms with van der Waals surface area (Å²) in [5, 5.41) is 11.5. The van der Waals surface area contributed by atoms with Crippen molar-refractivity contribution in [2.75, 3.05) is 7.11 Å². The number of halogens is 1. The van der Waals surface area contributed by atoms with E-state index in [9.17, 15) is 5.11 Å². The molecule has 0 heterocycles. The summed E-state index contributed by atoms with van der Waals surface area (Å²) in [5.74, 6) is 0. The first kappa shape index (κ1) is 12.9. The second-order valence-corrected chi connectivity index (χ2v) is 5.27. The Balaban J connectivity index is 2.37. The van der Waals surface area contributed by atoms with Crippen molar-refractivity contribution in [1.29, 1.82) is 0 Å². The van der Waals surface area contributed by atoms with Gasteiger partial charge in [0.15, 0.2) is 0 Å². The van der Waals surface area contributed by atoms with Crippen LogP contribution in [0.15, 0.2) is 18.2 Å². The molecule has 0 radical (unpaired) electrons. The summed E-state index contributed by atoms with van der Waals surface area (Å²) >= 11 is 6.13. The average molecular weight is 255 g/mol. The molecule has 2 unspecified atom stereocenters. The summed E-state index contributed by atoms with van der Waals surface area (Å²) in [5.41, 5.74) is 1.02. The topological polar surface area (TPSA) is 29.5 Å². The van der Waals surface area contributed by atoms with E-state index < -0.39 is 5.60 Å². The number of rotatable bonds is 2. The van der Waals surface area contributed by atoms with Gasteiger partial charge in [-0.3, -0.25) is 0 Å². The lowest BCUT2D eigenvalue weighted by atomic mass is 9.77. The first-order valence-corrected chi connectivity index (χ1v) is 6.47. The van der Waals surface area contributed by atoms with Crippen molar-refractivity contribution in [3.63, 3.8) is 0 Å². The molecule has 1 aliphatic carbocycles. The Morgan fingerprint density at radius 1 is 1.41 bits per heavy atom. The molecule has 2 nitrogen and oxygen atoms in total. The number of methoxy groups -OCH3 is 1. The van der Waals surface area contributed by atoms with Gasteiger partial charge in [-0.2, -0.15) is 0 Å². The van der Waals surface area contributed by atoms with Gasteiger partial charge in [-0.15, -0.1) is 0 Å². The fraction of sp³-hybridized carbons (Fsp3) is 0.571. The first-order valence-electron chi connectivity index (χ1n) is 6.10. The van der Waals surface area contributed by atoms with Crippen LogP contribution in [0.4, 0.5) is 0 Å². The van der Waals surface area contributed by atoms with Gasteiger partial charge in [0.05, 0.1) is 6.10 Å². The highest BCUT2D eigenvalue weighted by atomic mass is 35.5. The Morgan fingerprint density at radius 2 is 2.18 bits per heavy atom. The van der Waals surface area contributed by atoms with Crippen molar-refractivity contribution in [2.45, 2.75) is 44.3 Å². The molecule has 0 spiro atoms. The van der Waals surface area contributed by atoms with E-state index in [0.717, 1.165) is 36.8 Å². The largest absolute Gasteiger partial charge is 0.382 e. The standard InChI is InChI=1S/C14H19ClO2/c1-10-6-7-11(9-12(10)15)14(16)8-4-3-5-13(14)17-2/h6-7,9,13,16H,3-5,8H2,1-2H3. The maximum Gasteiger partial charge on any atom is 0.116 e. The van der Waals surface area contributed by atoms with Gasteiger partial charge in [-0.05, 0) is 37.0 Å². The van der Waals surface area contributed by atoms with Crippen LogP contribution < -0.4 is 0 Å². The summed E-state index contributed by atoms with van der Waals surface area (Å²) in [6.45, 7) is 1.96. The SMILES string of the molecule is COC1CCCCC1(O)c1ccc(C)c(Cl)c1. The van der Waals surface area contributed by atoms with Crippen LogP contribution in [0.25, 0.3) is 0 Å². The van der Waals surface area contributed by atoms with Crippen LogP contribution in [0.2, 0.25) is 5.02 Å². The molecule has 0 bridgehead atoms. The number of aliphatic hydroxyl groups is 1. The lowest BCUT2D eigenvalue weighted by molar-refractivity contribution is -0.122. The molecule has 94 valence electrons. The zero-order chi connectivity index (χ0) is 12.5. The molecule has 1 aromatic carbocycles. The smallest absolute Gasteiger partial charge is 0.116 e. The van der Waals surface area contributed by atoms with Crippen LogP contribution >= 0.6 is 11.6 Å². The Kier molecular flexibility index (Phi) is 3.76. The Bertz CT molecular complexity index is 405. The van der Waals surface area contributed by atoms with E-state index >= 15 is 0 Å². The number of aryl methyl sites for hydroxylation is 1. The van der Waals surface area contributed by atoms with Gasteiger partial charge in [0.2, 0.25) is 0 Å². The van der Waals surface area contributed by atoms with E-state index in [-0.39, 0.29) is 6.10 Å². The highest BCUT2D eigenvalue weighted by Crippen LogP contribution is 2.39. The van der Waals surface area contributed by atoms with Gasteiger partial charge >= 0.3 is 0 Å². The highest BCUT2D eigenvalue weighted by molar-refractivity contribution is 6.31. The second kappa shape index (κ2) is 4.97. The van der Waals surface area contributed by atoms with Gasteiger partial charge in [0.25, 0.3) is 0 Å². The number of ether oxygens (including phenoxy) is 1. The lowest BCUT2D eigenvalue weighted by Crippen LogP contribution is -2.43. The van der Waals surface area contributed by atoms with Crippen LogP contribution in [0.1, 0.15) is 36.8 Å². The number of benzene rings is 1. The highest BCUT2D eigenvalue weighted by Gasteiger charge is 2.40. The van der Waals surface area contributed by atoms with Crippen LogP contribution in [0, 0.1) is 6.92 Å². The van der Waals surface area contributed by atoms with Crippen molar-refractivity contribution < 1.29 is 9.84 Å². The molecule has 0 saturated heterocycles. The van der Waals surface area contributed by atoms with E-state index in [1.807, 2.05) is 25.1 Å². The molecule has 3 heteroatoms. The predicted octanol–water partition coefficient (Wildman–Crippen LogP) is 3.43. The Hall–Kier alpha value is -0.570. The van der Waals surface area contributed by atoms with Crippen LogP contribution in [-0.4, -0.2) is 18.3 Å². The van der Waals surface area contributed by atoms with Crippen molar-refractivity contribution in [1.82, 2.24) is 0 Å². The van der Waals surface area contributed by atoms with Gasteiger partial charge in [0, 0.05) is 12.1 Å². The molecule has 0 aromatic heterocycles.